The van der Waals surface area contributed by atoms with Gasteiger partial charge in [-0.3, -0.25) is 9.36 Å². The number of unbranched alkanes of at least 4 members (excludes halogenated alkanes) is 7. The highest BCUT2D eigenvalue weighted by atomic mass is 79.9. The summed E-state index contributed by atoms with van der Waals surface area (Å²) < 4.78 is 1.80. The summed E-state index contributed by atoms with van der Waals surface area (Å²) >= 11 is 3.46. The summed E-state index contributed by atoms with van der Waals surface area (Å²) in [5.74, 6) is 0.221. The van der Waals surface area contributed by atoms with Gasteiger partial charge >= 0.3 is 0 Å². The minimum atomic E-state index is 0.221. The van der Waals surface area contributed by atoms with E-state index in [0.717, 1.165) is 22.7 Å². The topological polar surface area (TPSA) is 22.0 Å². The normalized spacial score (nSPS) is 11.1. The maximum absolute atomic E-state index is 12.3. The SMILES string of the molecule is O=C(CCCCCCCCCCBr)n1ccc2ccccc21. The molecule has 0 saturated carbocycles. The fourth-order valence-electron chi connectivity index (χ4n) is 2.85. The number of hydrogen-bond donors (Lipinski definition) is 0. The molecule has 0 bridgehead atoms. The summed E-state index contributed by atoms with van der Waals surface area (Å²) in [7, 11) is 0. The number of hydrogen-bond acceptors (Lipinski definition) is 1. The van der Waals surface area contributed by atoms with Crippen LogP contribution < -0.4 is 0 Å². The minimum absolute atomic E-state index is 0.221. The molecule has 3 heteroatoms. The summed E-state index contributed by atoms with van der Waals surface area (Å²) in [5.41, 5.74) is 1.03. The lowest BCUT2D eigenvalue weighted by Gasteiger charge is -2.04. The quantitative estimate of drug-likeness (QED) is 0.364. The second-order valence-corrected chi connectivity index (χ2v) is 6.70. The summed E-state index contributed by atoms with van der Waals surface area (Å²) in [6.07, 6.45) is 12.6. The lowest BCUT2D eigenvalue weighted by molar-refractivity contribution is 0.0904. The first-order valence-electron chi connectivity index (χ1n) is 8.48. The van der Waals surface area contributed by atoms with Gasteiger partial charge in [0.05, 0.1) is 5.52 Å². The first-order chi connectivity index (χ1) is 10.8. The lowest BCUT2D eigenvalue weighted by atomic mass is 10.1. The molecule has 120 valence electrons. The zero-order valence-corrected chi connectivity index (χ0v) is 14.9. The Morgan fingerprint density at radius 3 is 2.23 bits per heavy atom. The van der Waals surface area contributed by atoms with Crippen molar-refractivity contribution >= 4 is 32.7 Å². The van der Waals surface area contributed by atoms with E-state index in [1.807, 2.05) is 30.5 Å². The highest BCUT2D eigenvalue weighted by Crippen LogP contribution is 2.17. The van der Waals surface area contributed by atoms with Gasteiger partial charge in [0, 0.05) is 23.3 Å². The van der Waals surface area contributed by atoms with Crippen LogP contribution in [0.5, 0.6) is 0 Å². The van der Waals surface area contributed by atoms with Crippen LogP contribution in [0.4, 0.5) is 0 Å². The Kier molecular flexibility index (Phi) is 7.72. The molecule has 2 rings (SSSR count). The lowest BCUT2D eigenvalue weighted by Crippen LogP contribution is -2.08. The molecule has 0 unspecified atom stereocenters. The average molecular weight is 364 g/mol. The molecule has 1 aromatic carbocycles. The maximum atomic E-state index is 12.3. The number of fused-ring (bicyclic) bond motifs is 1. The van der Waals surface area contributed by atoms with Crippen LogP contribution in [0.25, 0.3) is 10.9 Å². The number of carbonyl (C=O) groups is 1. The Bertz CT molecular complexity index is 576. The second-order valence-electron chi connectivity index (χ2n) is 5.91. The van der Waals surface area contributed by atoms with Gasteiger partial charge in [-0.05, 0) is 25.0 Å². The molecular formula is C19H26BrNO. The van der Waals surface area contributed by atoms with Gasteiger partial charge in [0.1, 0.15) is 0 Å². The third-order valence-electron chi connectivity index (χ3n) is 4.14. The van der Waals surface area contributed by atoms with Gasteiger partial charge in [0.25, 0.3) is 0 Å². The van der Waals surface area contributed by atoms with Crippen LogP contribution in [0.1, 0.15) is 62.6 Å². The van der Waals surface area contributed by atoms with E-state index in [1.165, 1.54) is 44.9 Å². The zero-order valence-electron chi connectivity index (χ0n) is 13.3. The summed E-state index contributed by atoms with van der Waals surface area (Å²) in [4.78, 5) is 12.3. The molecule has 0 radical (unpaired) electrons. The number of rotatable bonds is 10. The van der Waals surface area contributed by atoms with Crippen LogP contribution in [-0.4, -0.2) is 15.8 Å². The Labute approximate surface area is 142 Å². The summed E-state index contributed by atoms with van der Waals surface area (Å²) in [6, 6.07) is 10.1. The molecule has 0 aliphatic carbocycles. The highest BCUT2D eigenvalue weighted by Gasteiger charge is 2.07. The second kappa shape index (κ2) is 9.83. The number of aromatic nitrogens is 1. The van der Waals surface area contributed by atoms with Crippen molar-refractivity contribution in [3.8, 4) is 0 Å². The predicted octanol–water partition coefficient (Wildman–Crippen LogP) is 6.19. The molecule has 2 aromatic rings. The fourth-order valence-corrected chi connectivity index (χ4v) is 3.25. The molecular weight excluding hydrogens is 338 g/mol. The largest absolute Gasteiger partial charge is 0.287 e. The number of nitrogens with zero attached hydrogens (tertiary/aromatic N) is 1. The van der Waals surface area contributed by atoms with Crippen molar-refractivity contribution in [1.82, 2.24) is 4.57 Å². The summed E-state index contributed by atoms with van der Waals surface area (Å²) in [5, 5.41) is 2.27. The number of carbonyl (C=O) groups excluding carboxylic acids is 1. The highest BCUT2D eigenvalue weighted by molar-refractivity contribution is 9.09. The van der Waals surface area contributed by atoms with Crippen molar-refractivity contribution in [3.05, 3.63) is 36.5 Å². The Hall–Kier alpha value is -1.09. The molecule has 22 heavy (non-hydrogen) atoms. The molecule has 0 aliphatic heterocycles. The van der Waals surface area contributed by atoms with Crippen LogP contribution >= 0.6 is 15.9 Å². The van der Waals surface area contributed by atoms with Crippen molar-refractivity contribution in [2.24, 2.45) is 0 Å². The van der Waals surface area contributed by atoms with E-state index in [2.05, 4.69) is 22.0 Å². The van der Waals surface area contributed by atoms with E-state index in [9.17, 15) is 4.79 Å². The number of para-hydroxylation sites is 1. The smallest absolute Gasteiger partial charge is 0.231 e. The van der Waals surface area contributed by atoms with Crippen molar-refractivity contribution in [2.45, 2.75) is 57.8 Å². The average Bonchev–Trinajstić information content (AvgIpc) is 2.97. The maximum Gasteiger partial charge on any atom is 0.231 e. The van der Waals surface area contributed by atoms with E-state index in [-0.39, 0.29) is 5.91 Å². The molecule has 0 saturated heterocycles. The molecule has 0 aliphatic rings. The molecule has 0 amide bonds. The molecule has 0 atom stereocenters. The first kappa shape index (κ1) is 17.3. The standard InChI is InChI=1S/C19H26BrNO/c20-15-10-6-4-2-1-3-5-7-13-19(22)21-16-14-17-11-8-9-12-18(17)21/h8-9,11-12,14,16H,1-7,10,13,15H2. The molecule has 2 nitrogen and oxygen atoms in total. The van der Waals surface area contributed by atoms with Crippen LogP contribution in [0.15, 0.2) is 36.5 Å². The summed E-state index contributed by atoms with van der Waals surface area (Å²) in [6.45, 7) is 0. The van der Waals surface area contributed by atoms with Gasteiger partial charge in [-0.2, -0.15) is 0 Å². The molecule has 0 fully saturated rings. The van der Waals surface area contributed by atoms with Gasteiger partial charge in [-0.25, -0.2) is 0 Å². The van der Waals surface area contributed by atoms with E-state index in [1.54, 1.807) is 4.57 Å². The zero-order chi connectivity index (χ0) is 15.6. The van der Waals surface area contributed by atoms with E-state index in [0.29, 0.717) is 6.42 Å². The van der Waals surface area contributed by atoms with Crippen molar-refractivity contribution in [2.75, 3.05) is 5.33 Å². The van der Waals surface area contributed by atoms with Gasteiger partial charge in [0.15, 0.2) is 0 Å². The van der Waals surface area contributed by atoms with E-state index < -0.39 is 0 Å². The third kappa shape index (κ3) is 5.28. The number of halogens is 1. The van der Waals surface area contributed by atoms with Crippen LogP contribution in [0, 0.1) is 0 Å². The van der Waals surface area contributed by atoms with Gasteiger partial charge in [-0.1, -0.05) is 72.7 Å². The van der Waals surface area contributed by atoms with Gasteiger partial charge in [0.2, 0.25) is 5.91 Å². The Morgan fingerprint density at radius 2 is 1.50 bits per heavy atom. The van der Waals surface area contributed by atoms with Crippen molar-refractivity contribution in [3.63, 3.8) is 0 Å². The third-order valence-corrected chi connectivity index (χ3v) is 4.70. The molecule has 1 heterocycles. The fraction of sp³-hybridized carbons (Fsp3) is 0.526. The van der Waals surface area contributed by atoms with Crippen molar-refractivity contribution in [1.29, 1.82) is 0 Å². The monoisotopic (exact) mass is 363 g/mol. The Balaban J connectivity index is 1.62. The van der Waals surface area contributed by atoms with E-state index >= 15 is 0 Å². The Morgan fingerprint density at radius 1 is 0.864 bits per heavy atom. The predicted molar refractivity (Wildman–Crippen MR) is 97.9 cm³/mol. The molecule has 0 spiro atoms. The van der Waals surface area contributed by atoms with Crippen LogP contribution in [0.3, 0.4) is 0 Å². The van der Waals surface area contributed by atoms with Gasteiger partial charge < -0.3 is 0 Å². The van der Waals surface area contributed by atoms with Gasteiger partial charge in [-0.15, -0.1) is 0 Å². The van der Waals surface area contributed by atoms with Crippen LogP contribution in [-0.2, 0) is 0 Å². The van der Waals surface area contributed by atoms with E-state index in [4.69, 9.17) is 0 Å². The first-order valence-corrected chi connectivity index (χ1v) is 9.60. The number of benzene rings is 1. The molecule has 0 N–H and O–H groups in total. The number of alkyl halides is 1. The molecule has 1 aromatic heterocycles. The van der Waals surface area contributed by atoms with Crippen LogP contribution in [0.2, 0.25) is 0 Å². The van der Waals surface area contributed by atoms with Crippen molar-refractivity contribution < 1.29 is 4.79 Å². The minimum Gasteiger partial charge on any atom is -0.287 e.